The first kappa shape index (κ1) is 17.1. The number of thiazole rings is 1. The lowest BCUT2D eigenvalue weighted by Crippen LogP contribution is -2.21. The number of halogens is 1. The Balaban J connectivity index is 1.51. The first-order valence-corrected chi connectivity index (χ1v) is 8.70. The second-order valence-electron chi connectivity index (χ2n) is 5.70. The number of carbonyl (C=O) groups excluding carboxylic acids is 1. The molecule has 0 unspecified atom stereocenters. The minimum atomic E-state index is -0.248. The van der Waals surface area contributed by atoms with Crippen LogP contribution in [0.1, 0.15) is 16.0 Å². The van der Waals surface area contributed by atoms with Crippen LogP contribution in [0.5, 0.6) is 0 Å². The molecular weight excluding hydrogens is 337 g/mol. The summed E-state index contributed by atoms with van der Waals surface area (Å²) in [7, 11) is 0. The monoisotopic (exact) mass is 355 g/mol. The lowest BCUT2D eigenvalue weighted by atomic mass is 10.1. The molecule has 0 aliphatic rings. The van der Waals surface area contributed by atoms with Crippen LogP contribution in [0.15, 0.2) is 54.7 Å². The average Bonchev–Trinajstić information content (AvgIpc) is 3.03. The standard InChI is InChI=1S/C19H18FN3OS/c1-13-2-8-16(9-3-13)21-12-18(24)23-19-22-11-17(25-19)10-14-4-6-15(20)7-5-14/h2-9,11,21H,10,12H2,1H3,(H,22,23,24). The summed E-state index contributed by atoms with van der Waals surface area (Å²) in [6.07, 6.45) is 2.40. The van der Waals surface area contributed by atoms with Crippen molar-refractivity contribution >= 4 is 28.1 Å². The molecule has 1 amide bonds. The van der Waals surface area contributed by atoms with E-state index < -0.39 is 0 Å². The van der Waals surface area contributed by atoms with E-state index in [4.69, 9.17) is 0 Å². The third-order valence-corrected chi connectivity index (χ3v) is 4.51. The molecule has 3 aromatic rings. The molecule has 6 heteroatoms. The predicted octanol–water partition coefficient (Wildman–Crippen LogP) is 4.23. The molecule has 0 fully saturated rings. The molecule has 0 spiro atoms. The average molecular weight is 355 g/mol. The normalized spacial score (nSPS) is 10.5. The second kappa shape index (κ2) is 7.90. The summed E-state index contributed by atoms with van der Waals surface area (Å²) < 4.78 is 12.9. The number of carbonyl (C=O) groups is 1. The summed E-state index contributed by atoms with van der Waals surface area (Å²) in [5.41, 5.74) is 3.08. The van der Waals surface area contributed by atoms with Crippen LogP contribution in [0.4, 0.5) is 15.2 Å². The number of nitrogens with one attached hydrogen (secondary N) is 2. The molecule has 4 nitrogen and oxygen atoms in total. The van der Waals surface area contributed by atoms with Crippen LogP contribution < -0.4 is 10.6 Å². The Morgan fingerprint density at radius 3 is 2.56 bits per heavy atom. The highest BCUT2D eigenvalue weighted by molar-refractivity contribution is 7.15. The smallest absolute Gasteiger partial charge is 0.245 e. The van der Waals surface area contributed by atoms with E-state index in [1.165, 1.54) is 29.0 Å². The summed E-state index contributed by atoms with van der Waals surface area (Å²) in [6, 6.07) is 14.2. The molecule has 1 aromatic heterocycles. The minimum Gasteiger partial charge on any atom is -0.376 e. The third-order valence-electron chi connectivity index (χ3n) is 3.60. The second-order valence-corrected chi connectivity index (χ2v) is 6.82. The lowest BCUT2D eigenvalue weighted by Gasteiger charge is -2.06. The van der Waals surface area contributed by atoms with Crippen molar-refractivity contribution in [2.24, 2.45) is 0 Å². The number of hydrogen-bond acceptors (Lipinski definition) is 4. The number of benzene rings is 2. The maximum Gasteiger partial charge on any atom is 0.245 e. The van der Waals surface area contributed by atoms with Gasteiger partial charge < -0.3 is 10.6 Å². The Bertz CT molecular complexity index is 844. The Hall–Kier alpha value is -2.73. The predicted molar refractivity (Wildman–Crippen MR) is 99.6 cm³/mol. The van der Waals surface area contributed by atoms with Gasteiger partial charge in [-0.2, -0.15) is 0 Å². The van der Waals surface area contributed by atoms with Gasteiger partial charge in [0, 0.05) is 23.2 Å². The number of rotatable bonds is 6. The van der Waals surface area contributed by atoms with Gasteiger partial charge in [0.25, 0.3) is 0 Å². The van der Waals surface area contributed by atoms with Crippen molar-refractivity contribution < 1.29 is 9.18 Å². The molecule has 0 atom stereocenters. The summed E-state index contributed by atoms with van der Waals surface area (Å²) >= 11 is 1.42. The number of amides is 1. The molecular formula is C19H18FN3OS. The topological polar surface area (TPSA) is 54.0 Å². The molecule has 0 bridgehead atoms. The van der Waals surface area contributed by atoms with Crippen molar-refractivity contribution in [3.63, 3.8) is 0 Å². The van der Waals surface area contributed by atoms with Crippen LogP contribution in [-0.2, 0) is 11.2 Å². The van der Waals surface area contributed by atoms with Crippen molar-refractivity contribution in [3.05, 3.63) is 76.5 Å². The quantitative estimate of drug-likeness (QED) is 0.696. The molecule has 0 aliphatic carbocycles. The molecule has 0 aliphatic heterocycles. The van der Waals surface area contributed by atoms with Gasteiger partial charge in [0.15, 0.2) is 5.13 Å². The van der Waals surface area contributed by atoms with Gasteiger partial charge in [0.2, 0.25) is 5.91 Å². The number of hydrogen-bond donors (Lipinski definition) is 2. The Labute approximate surface area is 149 Å². The van der Waals surface area contributed by atoms with Crippen molar-refractivity contribution in [3.8, 4) is 0 Å². The van der Waals surface area contributed by atoms with Crippen LogP contribution in [-0.4, -0.2) is 17.4 Å². The SMILES string of the molecule is Cc1ccc(NCC(=O)Nc2ncc(Cc3ccc(F)cc3)s2)cc1. The summed E-state index contributed by atoms with van der Waals surface area (Å²) in [6.45, 7) is 2.19. The third kappa shape index (κ3) is 5.12. The van der Waals surface area contributed by atoms with E-state index in [2.05, 4.69) is 15.6 Å². The van der Waals surface area contributed by atoms with Crippen LogP contribution in [0.3, 0.4) is 0 Å². The molecule has 2 N–H and O–H groups in total. The van der Waals surface area contributed by atoms with E-state index >= 15 is 0 Å². The van der Waals surface area contributed by atoms with Gasteiger partial charge in [-0.25, -0.2) is 9.37 Å². The molecule has 128 valence electrons. The van der Waals surface area contributed by atoms with Crippen molar-refractivity contribution in [2.75, 3.05) is 17.2 Å². The van der Waals surface area contributed by atoms with Crippen LogP contribution in [0, 0.1) is 12.7 Å². The highest BCUT2D eigenvalue weighted by atomic mass is 32.1. The van der Waals surface area contributed by atoms with Crippen LogP contribution in [0.2, 0.25) is 0 Å². The fourth-order valence-corrected chi connectivity index (χ4v) is 3.13. The van der Waals surface area contributed by atoms with Gasteiger partial charge in [0.05, 0.1) is 6.54 Å². The summed E-state index contributed by atoms with van der Waals surface area (Å²) in [4.78, 5) is 17.2. The molecule has 0 saturated carbocycles. The highest BCUT2D eigenvalue weighted by Gasteiger charge is 2.07. The van der Waals surface area contributed by atoms with Crippen LogP contribution in [0.25, 0.3) is 0 Å². The Kier molecular flexibility index (Phi) is 5.40. The zero-order valence-electron chi connectivity index (χ0n) is 13.8. The van der Waals surface area contributed by atoms with Gasteiger partial charge in [0.1, 0.15) is 5.82 Å². The van der Waals surface area contributed by atoms with Crippen LogP contribution >= 0.6 is 11.3 Å². The molecule has 1 heterocycles. The van der Waals surface area contributed by atoms with E-state index in [1.54, 1.807) is 18.3 Å². The molecule has 25 heavy (non-hydrogen) atoms. The maximum absolute atomic E-state index is 12.9. The van der Waals surface area contributed by atoms with E-state index in [9.17, 15) is 9.18 Å². The first-order valence-electron chi connectivity index (χ1n) is 7.88. The molecule has 2 aromatic carbocycles. The number of anilines is 2. The van der Waals surface area contributed by atoms with Crippen molar-refractivity contribution in [1.29, 1.82) is 0 Å². The Morgan fingerprint density at radius 2 is 1.84 bits per heavy atom. The highest BCUT2D eigenvalue weighted by Crippen LogP contribution is 2.21. The fraction of sp³-hybridized carbons (Fsp3) is 0.158. The summed E-state index contributed by atoms with van der Waals surface area (Å²) in [5, 5.41) is 6.42. The fourth-order valence-electron chi connectivity index (χ4n) is 2.27. The van der Waals surface area contributed by atoms with Gasteiger partial charge in [-0.1, -0.05) is 29.8 Å². The van der Waals surface area contributed by atoms with Gasteiger partial charge in [-0.3, -0.25) is 4.79 Å². The van der Waals surface area contributed by atoms with Crippen molar-refractivity contribution in [2.45, 2.75) is 13.3 Å². The zero-order valence-corrected chi connectivity index (χ0v) is 14.6. The molecule has 0 radical (unpaired) electrons. The maximum atomic E-state index is 12.9. The molecule has 3 rings (SSSR count). The number of aryl methyl sites for hydroxylation is 1. The number of aromatic nitrogens is 1. The zero-order chi connectivity index (χ0) is 17.6. The van der Waals surface area contributed by atoms with Gasteiger partial charge >= 0.3 is 0 Å². The lowest BCUT2D eigenvalue weighted by molar-refractivity contribution is -0.114. The summed E-state index contributed by atoms with van der Waals surface area (Å²) in [5.74, 6) is -0.398. The van der Waals surface area contributed by atoms with Gasteiger partial charge in [-0.05, 0) is 36.8 Å². The number of nitrogens with zero attached hydrogens (tertiary/aromatic N) is 1. The minimum absolute atomic E-state index is 0.150. The van der Waals surface area contributed by atoms with Crippen molar-refractivity contribution in [1.82, 2.24) is 4.98 Å². The Morgan fingerprint density at radius 1 is 1.12 bits per heavy atom. The molecule has 0 saturated heterocycles. The van der Waals surface area contributed by atoms with E-state index in [1.807, 2.05) is 31.2 Å². The van der Waals surface area contributed by atoms with Gasteiger partial charge in [-0.15, -0.1) is 11.3 Å². The largest absolute Gasteiger partial charge is 0.376 e. The van der Waals surface area contributed by atoms with E-state index in [0.29, 0.717) is 11.6 Å². The van der Waals surface area contributed by atoms with E-state index in [-0.39, 0.29) is 18.3 Å². The van der Waals surface area contributed by atoms with E-state index in [0.717, 1.165) is 16.1 Å². The first-order chi connectivity index (χ1) is 12.1.